The van der Waals surface area contributed by atoms with Crippen LogP contribution in [0.5, 0.6) is 0 Å². The highest BCUT2D eigenvalue weighted by atomic mass is 35.5. The summed E-state index contributed by atoms with van der Waals surface area (Å²) < 4.78 is 37.0. The van der Waals surface area contributed by atoms with Gasteiger partial charge in [0.15, 0.2) is 11.0 Å². The fourth-order valence-electron chi connectivity index (χ4n) is 1.28. The zero-order valence-corrected chi connectivity index (χ0v) is 11.6. The second-order valence-corrected chi connectivity index (χ2v) is 3.75. The van der Waals surface area contributed by atoms with Crippen LogP contribution >= 0.6 is 11.6 Å². The molecule has 1 aromatic heterocycles. The first-order valence-electron chi connectivity index (χ1n) is 5.87. The van der Waals surface area contributed by atoms with E-state index in [4.69, 9.17) is 11.6 Å². The fourth-order valence-corrected chi connectivity index (χ4v) is 1.44. The Morgan fingerprint density at radius 1 is 1.00 bits per heavy atom. The highest BCUT2D eigenvalue weighted by molar-refractivity contribution is 6.31. The predicted molar refractivity (Wildman–Crippen MR) is 73.1 cm³/mol. The summed E-state index contributed by atoms with van der Waals surface area (Å²) in [6, 6.07) is 4.56. The number of nitrogens with one attached hydrogen (secondary N) is 1. The van der Waals surface area contributed by atoms with Gasteiger partial charge >= 0.3 is 6.18 Å². The normalized spacial score (nSPS) is 10.5. The molecule has 1 N–H and O–H groups in total. The molecule has 0 fully saturated rings. The van der Waals surface area contributed by atoms with Crippen LogP contribution in [0.2, 0.25) is 5.15 Å². The Hall–Kier alpha value is -1.82. The van der Waals surface area contributed by atoms with Gasteiger partial charge in [0.1, 0.15) is 0 Å². The zero-order valence-electron chi connectivity index (χ0n) is 10.9. The van der Waals surface area contributed by atoms with Crippen LogP contribution < -0.4 is 5.32 Å². The largest absolute Gasteiger partial charge is 0.416 e. The van der Waals surface area contributed by atoms with E-state index in [0.29, 0.717) is 11.5 Å². The van der Waals surface area contributed by atoms with Crippen molar-refractivity contribution in [1.82, 2.24) is 9.97 Å². The molecule has 0 aliphatic rings. The molecule has 0 spiro atoms. The first-order valence-corrected chi connectivity index (χ1v) is 6.25. The van der Waals surface area contributed by atoms with Gasteiger partial charge in [-0.15, -0.1) is 0 Å². The Morgan fingerprint density at radius 3 is 2.05 bits per heavy atom. The number of hydrogen-bond acceptors (Lipinski definition) is 3. The van der Waals surface area contributed by atoms with Crippen LogP contribution in [0.25, 0.3) is 0 Å². The van der Waals surface area contributed by atoms with Crippen molar-refractivity contribution in [2.24, 2.45) is 0 Å². The van der Waals surface area contributed by atoms with E-state index < -0.39 is 11.7 Å². The van der Waals surface area contributed by atoms with Gasteiger partial charge in [0.25, 0.3) is 0 Å². The van der Waals surface area contributed by atoms with Gasteiger partial charge in [0, 0.05) is 18.1 Å². The molecule has 0 saturated carbocycles. The molecule has 1 heterocycles. The molecular weight excluding hydrogens is 291 g/mol. The van der Waals surface area contributed by atoms with E-state index in [1.807, 2.05) is 13.8 Å². The summed E-state index contributed by atoms with van der Waals surface area (Å²) in [5, 5.41) is 2.93. The molecule has 0 bridgehead atoms. The molecule has 108 valence electrons. The Balaban J connectivity index is 0.000000956. The lowest BCUT2D eigenvalue weighted by Gasteiger charge is -2.09. The number of aromatic nitrogens is 2. The minimum absolute atomic E-state index is 0.150. The molecule has 1 aromatic carbocycles. The van der Waals surface area contributed by atoms with Gasteiger partial charge < -0.3 is 5.32 Å². The summed E-state index contributed by atoms with van der Waals surface area (Å²) in [4.78, 5) is 7.71. The van der Waals surface area contributed by atoms with Gasteiger partial charge in [-0.1, -0.05) is 25.4 Å². The van der Waals surface area contributed by atoms with Crippen molar-refractivity contribution in [2.45, 2.75) is 20.0 Å². The maximum atomic E-state index is 12.3. The Labute approximate surface area is 119 Å². The van der Waals surface area contributed by atoms with E-state index in [2.05, 4.69) is 15.3 Å². The first kappa shape index (κ1) is 16.2. The van der Waals surface area contributed by atoms with Gasteiger partial charge in [0.05, 0.1) is 5.56 Å². The summed E-state index contributed by atoms with van der Waals surface area (Å²) in [7, 11) is 0. The molecule has 0 amide bonds. The van der Waals surface area contributed by atoms with Crippen LogP contribution in [0.3, 0.4) is 0 Å². The van der Waals surface area contributed by atoms with Crippen molar-refractivity contribution in [3.8, 4) is 0 Å². The number of halogens is 4. The molecule has 7 heteroatoms. The summed E-state index contributed by atoms with van der Waals surface area (Å²) in [6.45, 7) is 4.00. The fraction of sp³-hybridized carbons (Fsp3) is 0.231. The second-order valence-electron chi connectivity index (χ2n) is 3.40. The Kier molecular flexibility index (Phi) is 5.76. The molecule has 0 unspecified atom stereocenters. The van der Waals surface area contributed by atoms with Crippen molar-refractivity contribution in [3.05, 3.63) is 47.4 Å². The average molecular weight is 304 g/mol. The molecule has 2 rings (SSSR count). The Bertz CT molecular complexity index is 541. The van der Waals surface area contributed by atoms with Crippen LogP contribution in [0.1, 0.15) is 19.4 Å². The van der Waals surface area contributed by atoms with Gasteiger partial charge in [-0.3, -0.25) is 0 Å². The Morgan fingerprint density at radius 2 is 1.55 bits per heavy atom. The minimum Gasteiger partial charge on any atom is -0.338 e. The predicted octanol–water partition coefficient (Wildman–Crippen LogP) is 4.92. The lowest BCUT2D eigenvalue weighted by Crippen LogP contribution is -2.04. The summed E-state index contributed by atoms with van der Waals surface area (Å²) in [5.41, 5.74) is -0.260. The molecule has 0 radical (unpaired) electrons. The SMILES string of the molecule is CC.FC(F)(F)c1ccc(Nc2nccnc2Cl)cc1. The van der Waals surface area contributed by atoms with Crippen LogP contribution in [0, 0.1) is 0 Å². The minimum atomic E-state index is -4.34. The third-order valence-electron chi connectivity index (χ3n) is 2.13. The molecule has 0 saturated heterocycles. The van der Waals surface area contributed by atoms with E-state index in [9.17, 15) is 13.2 Å². The van der Waals surface area contributed by atoms with Crippen molar-refractivity contribution in [1.29, 1.82) is 0 Å². The zero-order chi connectivity index (χ0) is 15.2. The molecule has 0 aliphatic carbocycles. The van der Waals surface area contributed by atoms with Gasteiger partial charge in [-0.2, -0.15) is 13.2 Å². The highest BCUT2D eigenvalue weighted by Gasteiger charge is 2.29. The van der Waals surface area contributed by atoms with Crippen molar-refractivity contribution >= 4 is 23.1 Å². The van der Waals surface area contributed by atoms with Crippen molar-refractivity contribution in [3.63, 3.8) is 0 Å². The molecule has 0 aliphatic heterocycles. The van der Waals surface area contributed by atoms with Gasteiger partial charge in [-0.25, -0.2) is 9.97 Å². The second kappa shape index (κ2) is 7.09. The molecule has 0 atom stereocenters. The smallest absolute Gasteiger partial charge is 0.338 e. The van der Waals surface area contributed by atoms with Gasteiger partial charge in [0.2, 0.25) is 0 Å². The standard InChI is InChI=1S/C11H7ClF3N3.C2H6/c12-9-10(17-6-5-16-9)18-8-3-1-7(2-4-8)11(13,14)15;1-2/h1-6H,(H,17,18);1-2H3. The van der Waals surface area contributed by atoms with E-state index in [-0.39, 0.29) is 5.15 Å². The number of rotatable bonds is 2. The third-order valence-corrected chi connectivity index (χ3v) is 2.41. The highest BCUT2D eigenvalue weighted by Crippen LogP contribution is 2.30. The number of benzene rings is 1. The summed E-state index contributed by atoms with van der Waals surface area (Å²) in [5.74, 6) is 0.291. The van der Waals surface area contributed by atoms with E-state index >= 15 is 0 Å². The lowest BCUT2D eigenvalue weighted by molar-refractivity contribution is -0.137. The molecule has 3 nitrogen and oxygen atoms in total. The van der Waals surface area contributed by atoms with E-state index in [1.54, 1.807) is 0 Å². The maximum Gasteiger partial charge on any atom is 0.416 e. The first-order chi connectivity index (χ1) is 9.47. The third kappa shape index (κ3) is 4.38. The monoisotopic (exact) mass is 303 g/mol. The van der Waals surface area contributed by atoms with Crippen LogP contribution in [-0.2, 0) is 6.18 Å². The van der Waals surface area contributed by atoms with Crippen molar-refractivity contribution < 1.29 is 13.2 Å². The molecular formula is C13H13ClF3N3. The quantitative estimate of drug-likeness (QED) is 0.855. The number of anilines is 2. The van der Waals surface area contributed by atoms with E-state index in [0.717, 1.165) is 12.1 Å². The summed E-state index contributed by atoms with van der Waals surface area (Å²) >= 11 is 5.76. The summed E-state index contributed by atoms with van der Waals surface area (Å²) in [6.07, 6.45) is -1.50. The van der Waals surface area contributed by atoms with Crippen molar-refractivity contribution in [2.75, 3.05) is 5.32 Å². The molecule has 20 heavy (non-hydrogen) atoms. The van der Waals surface area contributed by atoms with E-state index in [1.165, 1.54) is 24.5 Å². The van der Waals surface area contributed by atoms with Gasteiger partial charge in [-0.05, 0) is 24.3 Å². The van der Waals surface area contributed by atoms with Crippen LogP contribution in [-0.4, -0.2) is 9.97 Å². The average Bonchev–Trinajstić information content (AvgIpc) is 2.43. The number of hydrogen-bond donors (Lipinski definition) is 1. The van der Waals surface area contributed by atoms with Crippen LogP contribution in [0.4, 0.5) is 24.7 Å². The number of nitrogens with zero attached hydrogens (tertiary/aromatic N) is 2. The van der Waals surface area contributed by atoms with Crippen LogP contribution in [0.15, 0.2) is 36.7 Å². The topological polar surface area (TPSA) is 37.8 Å². The maximum absolute atomic E-state index is 12.3. The number of alkyl halides is 3. The lowest BCUT2D eigenvalue weighted by atomic mass is 10.2. The molecule has 2 aromatic rings.